The highest BCUT2D eigenvalue weighted by Gasteiger charge is 2.34. The van der Waals surface area contributed by atoms with E-state index in [1.165, 1.54) is 16.7 Å². The lowest BCUT2D eigenvalue weighted by molar-refractivity contribution is -0.142. The first kappa shape index (κ1) is 21.5. The minimum Gasteiger partial charge on any atom is -0.480 e. The summed E-state index contributed by atoms with van der Waals surface area (Å²) in [5, 5.41) is 11.7. The average Bonchev–Trinajstić information content (AvgIpc) is 2.87. The van der Waals surface area contributed by atoms with Crippen LogP contribution in [-0.4, -0.2) is 56.7 Å². The van der Waals surface area contributed by atoms with Crippen molar-refractivity contribution >= 4 is 63.9 Å². The van der Waals surface area contributed by atoms with E-state index in [0.29, 0.717) is 17.1 Å². The van der Waals surface area contributed by atoms with Crippen LogP contribution in [-0.2, 0) is 14.4 Å². The molecule has 1 heterocycles. The molecule has 1 saturated heterocycles. The third kappa shape index (κ3) is 6.08. The van der Waals surface area contributed by atoms with Crippen LogP contribution in [0.25, 0.3) is 6.08 Å². The molecule has 2 amide bonds. The maximum Gasteiger partial charge on any atom is 0.326 e. The number of carboxylic acids is 1. The number of carbonyl (C=O) groups is 3. The first-order chi connectivity index (χ1) is 12.8. The van der Waals surface area contributed by atoms with E-state index in [-0.39, 0.29) is 16.8 Å². The Hall–Kier alpha value is -1.84. The second-order valence-electron chi connectivity index (χ2n) is 5.92. The Morgan fingerprint density at radius 2 is 2.04 bits per heavy atom. The topological polar surface area (TPSA) is 86.7 Å². The van der Waals surface area contributed by atoms with Crippen LogP contribution in [0.3, 0.4) is 0 Å². The number of carbonyl (C=O) groups excluding carboxylic acids is 2. The second-order valence-corrected chi connectivity index (χ2v) is 8.58. The van der Waals surface area contributed by atoms with Gasteiger partial charge in [-0.15, -0.1) is 0 Å². The molecule has 0 radical (unpaired) electrons. The molecule has 144 valence electrons. The number of aryl methyl sites for hydroxylation is 1. The summed E-state index contributed by atoms with van der Waals surface area (Å²) in [6.45, 7) is 1.68. The molecule has 0 aromatic heterocycles. The van der Waals surface area contributed by atoms with E-state index in [9.17, 15) is 19.5 Å². The third-order valence-electron chi connectivity index (χ3n) is 3.79. The van der Waals surface area contributed by atoms with E-state index in [2.05, 4.69) is 5.32 Å². The minimum atomic E-state index is -1.10. The smallest absolute Gasteiger partial charge is 0.326 e. The fraction of sp³-hybridized carbons (Fsp3) is 0.333. The summed E-state index contributed by atoms with van der Waals surface area (Å²) in [4.78, 5) is 37.6. The van der Waals surface area contributed by atoms with Crippen LogP contribution in [0.15, 0.2) is 29.2 Å². The van der Waals surface area contributed by atoms with E-state index in [1.807, 2.05) is 37.4 Å². The fourth-order valence-corrected chi connectivity index (χ4v) is 4.05. The summed E-state index contributed by atoms with van der Waals surface area (Å²) in [7, 11) is 0. The highest BCUT2D eigenvalue weighted by Crippen LogP contribution is 2.32. The molecular formula is C18H20N2O4S3. The normalized spacial score (nSPS) is 16.7. The van der Waals surface area contributed by atoms with Crippen LogP contribution in [0.1, 0.15) is 17.5 Å². The molecule has 1 atom stereocenters. The molecule has 9 heteroatoms. The number of thioether (sulfide) groups is 2. The Morgan fingerprint density at radius 1 is 1.37 bits per heavy atom. The number of aliphatic carboxylic acids is 1. The van der Waals surface area contributed by atoms with Crippen molar-refractivity contribution in [2.45, 2.75) is 19.4 Å². The number of nitrogens with zero attached hydrogens (tertiary/aromatic N) is 1. The zero-order chi connectivity index (χ0) is 20.0. The molecule has 1 unspecified atom stereocenters. The maximum absolute atomic E-state index is 12.6. The second kappa shape index (κ2) is 9.91. The van der Waals surface area contributed by atoms with Crippen molar-refractivity contribution in [3.63, 3.8) is 0 Å². The quantitative estimate of drug-likeness (QED) is 0.490. The number of carboxylic acid groups (broad SMARTS) is 1. The monoisotopic (exact) mass is 424 g/mol. The Balaban J connectivity index is 2.03. The van der Waals surface area contributed by atoms with Gasteiger partial charge < -0.3 is 10.4 Å². The summed E-state index contributed by atoms with van der Waals surface area (Å²) in [6, 6.07) is 6.71. The van der Waals surface area contributed by atoms with Gasteiger partial charge in [0.1, 0.15) is 16.9 Å². The zero-order valence-corrected chi connectivity index (χ0v) is 17.4. The Bertz CT molecular complexity index is 777. The van der Waals surface area contributed by atoms with Crippen molar-refractivity contribution in [3.8, 4) is 0 Å². The van der Waals surface area contributed by atoms with Crippen molar-refractivity contribution in [2.75, 3.05) is 18.6 Å². The molecule has 0 bridgehead atoms. The molecular weight excluding hydrogens is 404 g/mol. The van der Waals surface area contributed by atoms with Gasteiger partial charge in [-0.2, -0.15) is 11.8 Å². The van der Waals surface area contributed by atoms with Gasteiger partial charge in [0.05, 0.1) is 4.91 Å². The van der Waals surface area contributed by atoms with Crippen LogP contribution in [0.4, 0.5) is 0 Å². The van der Waals surface area contributed by atoms with Gasteiger partial charge in [-0.05, 0) is 37.0 Å². The number of benzene rings is 1. The van der Waals surface area contributed by atoms with E-state index < -0.39 is 17.9 Å². The average molecular weight is 425 g/mol. The third-order valence-corrected chi connectivity index (χ3v) is 5.82. The van der Waals surface area contributed by atoms with Gasteiger partial charge >= 0.3 is 5.97 Å². The molecule has 2 rings (SSSR count). The van der Waals surface area contributed by atoms with Crippen LogP contribution in [0, 0.1) is 6.92 Å². The van der Waals surface area contributed by atoms with Crippen LogP contribution in [0.2, 0.25) is 0 Å². The highest BCUT2D eigenvalue weighted by molar-refractivity contribution is 8.26. The first-order valence-corrected chi connectivity index (χ1v) is 10.8. The lowest BCUT2D eigenvalue weighted by Gasteiger charge is -2.17. The van der Waals surface area contributed by atoms with Crippen molar-refractivity contribution in [2.24, 2.45) is 0 Å². The molecule has 1 fully saturated rings. The van der Waals surface area contributed by atoms with Gasteiger partial charge in [0, 0.05) is 0 Å². The molecule has 6 nitrogen and oxygen atoms in total. The van der Waals surface area contributed by atoms with Gasteiger partial charge in [0.15, 0.2) is 0 Å². The molecule has 1 aliphatic heterocycles. The summed E-state index contributed by atoms with van der Waals surface area (Å²) < 4.78 is 0.282. The number of rotatable bonds is 8. The van der Waals surface area contributed by atoms with Crippen molar-refractivity contribution in [3.05, 3.63) is 40.3 Å². The predicted octanol–water partition coefficient (Wildman–Crippen LogP) is 2.52. The number of amides is 2. The summed E-state index contributed by atoms with van der Waals surface area (Å²) >= 11 is 7.84. The van der Waals surface area contributed by atoms with Crippen LogP contribution >= 0.6 is 35.7 Å². The molecule has 27 heavy (non-hydrogen) atoms. The van der Waals surface area contributed by atoms with Gasteiger partial charge in [0.25, 0.3) is 5.91 Å². The maximum atomic E-state index is 12.6. The number of thiocarbonyl (C=S) groups is 1. The van der Waals surface area contributed by atoms with Gasteiger partial charge in [-0.25, -0.2) is 4.79 Å². The molecule has 1 aromatic carbocycles. The number of hydrogen-bond donors (Lipinski definition) is 2. The molecule has 1 aliphatic rings. The molecule has 1 aromatic rings. The van der Waals surface area contributed by atoms with Crippen molar-refractivity contribution < 1.29 is 19.5 Å². The largest absolute Gasteiger partial charge is 0.480 e. The van der Waals surface area contributed by atoms with Gasteiger partial charge in [-0.3, -0.25) is 14.5 Å². The van der Waals surface area contributed by atoms with E-state index in [4.69, 9.17) is 12.2 Å². The lowest BCUT2D eigenvalue weighted by atomic mass is 10.1. The fourth-order valence-electron chi connectivity index (χ4n) is 2.33. The van der Waals surface area contributed by atoms with E-state index in [1.54, 1.807) is 6.08 Å². The van der Waals surface area contributed by atoms with Crippen LogP contribution < -0.4 is 5.32 Å². The van der Waals surface area contributed by atoms with Gasteiger partial charge in [0.2, 0.25) is 5.91 Å². The minimum absolute atomic E-state index is 0.282. The summed E-state index contributed by atoms with van der Waals surface area (Å²) in [6.07, 6.45) is 3.91. The Morgan fingerprint density at radius 3 is 2.63 bits per heavy atom. The number of nitrogens with one attached hydrogen (secondary N) is 1. The zero-order valence-electron chi connectivity index (χ0n) is 14.9. The number of hydrogen-bond acceptors (Lipinski definition) is 6. The Labute approximate surface area is 171 Å². The van der Waals surface area contributed by atoms with E-state index in [0.717, 1.165) is 22.9 Å². The standard InChI is InChI=1S/C18H20N2O4S3/c1-11-3-5-12(6-4-11)9-14-16(22)20(18(25)27-14)10-15(21)19-13(17(23)24)7-8-26-2/h3-6,9,13H,7-8,10H2,1-2H3,(H,19,21)(H,23,24). The molecule has 2 N–H and O–H groups in total. The molecule has 0 saturated carbocycles. The van der Waals surface area contributed by atoms with E-state index >= 15 is 0 Å². The summed E-state index contributed by atoms with van der Waals surface area (Å²) in [5.74, 6) is -1.38. The highest BCUT2D eigenvalue weighted by atomic mass is 32.2. The molecule has 0 aliphatic carbocycles. The molecule has 0 spiro atoms. The van der Waals surface area contributed by atoms with Crippen LogP contribution in [0.5, 0.6) is 0 Å². The predicted molar refractivity (Wildman–Crippen MR) is 114 cm³/mol. The van der Waals surface area contributed by atoms with Crippen molar-refractivity contribution in [1.29, 1.82) is 0 Å². The summed E-state index contributed by atoms with van der Waals surface area (Å²) in [5.41, 5.74) is 1.99. The SMILES string of the molecule is CSCCC(NC(=O)CN1C(=O)C(=Cc2ccc(C)cc2)SC1=S)C(=O)O. The van der Waals surface area contributed by atoms with Crippen molar-refractivity contribution in [1.82, 2.24) is 10.2 Å². The van der Waals surface area contributed by atoms with Gasteiger partial charge in [-0.1, -0.05) is 53.8 Å². The first-order valence-electron chi connectivity index (χ1n) is 8.15. The lowest BCUT2D eigenvalue weighted by Crippen LogP contribution is -2.46. The Kier molecular flexibility index (Phi) is 7.88.